The summed E-state index contributed by atoms with van der Waals surface area (Å²) in [6.07, 6.45) is 0.459. The minimum Gasteiger partial charge on any atom is -0.454 e. The number of ether oxygens (including phenoxy) is 1. The molecule has 0 radical (unpaired) electrons. The number of carbonyl (C=O) groups is 1. The van der Waals surface area contributed by atoms with Crippen LogP contribution >= 0.6 is 15.9 Å². The zero-order valence-electron chi connectivity index (χ0n) is 10.3. The van der Waals surface area contributed by atoms with E-state index in [1.165, 1.54) is 6.07 Å². The van der Waals surface area contributed by atoms with E-state index in [9.17, 15) is 9.18 Å². The van der Waals surface area contributed by atoms with Crippen LogP contribution in [0.2, 0.25) is 0 Å². The minimum atomic E-state index is -0.433. The molecule has 2 aromatic rings. The Morgan fingerprint density at radius 2 is 1.89 bits per heavy atom. The molecule has 0 aliphatic heterocycles. The van der Waals surface area contributed by atoms with Gasteiger partial charge in [-0.1, -0.05) is 22.9 Å². The quantitative estimate of drug-likeness (QED) is 0.742. The SMILES string of the molecule is CCC(=O)c1ccc(Oc2cc(Br)ccc2F)cc1. The van der Waals surface area contributed by atoms with Gasteiger partial charge in [0.2, 0.25) is 0 Å². The molecule has 0 spiro atoms. The normalized spacial score (nSPS) is 10.3. The predicted molar refractivity (Wildman–Crippen MR) is 75.2 cm³/mol. The summed E-state index contributed by atoms with van der Waals surface area (Å²) in [5.74, 6) is 0.269. The molecule has 0 bridgehead atoms. The number of halogens is 2. The number of rotatable bonds is 4. The lowest BCUT2D eigenvalue weighted by molar-refractivity contribution is 0.0988. The number of ketones is 1. The van der Waals surface area contributed by atoms with E-state index < -0.39 is 5.82 Å². The average Bonchev–Trinajstić information content (AvgIpc) is 2.43. The third-order valence-electron chi connectivity index (χ3n) is 2.62. The third-order valence-corrected chi connectivity index (χ3v) is 3.11. The van der Waals surface area contributed by atoms with Gasteiger partial charge in [-0.25, -0.2) is 4.39 Å². The van der Waals surface area contributed by atoms with Crippen LogP contribution in [0.1, 0.15) is 23.7 Å². The number of hydrogen-bond donors (Lipinski definition) is 0. The van der Waals surface area contributed by atoms with Crippen molar-refractivity contribution in [3.63, 3.8) is 0 Å². The Morgan fingerprint density at radius 3 is 2.53 bits per heavy atom. The Hall–Kier alpha value is -1.68. The van der Waals surface area contributed by atoms with Crippen molar-refractivity contribution in [3.8, 4) is 11.5 Å². The molecule has 0 N–H and O–H groups in total. The fraction of sp³-hybridized carbons (Fsp3) is 0.133. The molecule has 0 aliphatic carbocycles. The topological polar surface area (TPSA) is 26.3 Å². The highest BCUT2D eigenvalue weighted by atomic mass is 79.9. The van der Waals surface area contributed by atoms with Crippen LogP contribution < -0.4 is 4.74 Å². The van der Waals surface area contributed by atoms with Gasteiger partial charge < -0.3 is 4.74 Å². The molecule has 4 heteroatoms. The molecule has 2 nitrogen and oxygen atoms in total. The first-order valence-corrected chi connectivity index (χ1v) is 6.65. The summed E-state index contributed by atoms with van der Waals surface area (Å²) in [5, 5.41) is 0. The zero-order valence-corrected chi connectivity index (χ0v) is 11.9. The second-order valence-electron chi connectivity index (χ2n) is 3.98. The van der Waals surface area contributed by atoms with E-state index in [0.717, 1.165) is 4.47 Å². The maximum atomic E-state index is 13.5. The summed E-state index contributed by atoms with van der Waals surface area (Å²) in [5.41, 5.74) is 0.629. The van der Waals surface area contributed by atoms with Crippen molar-refractivity contribution in [1.82, 2.24) is 0 Å². The van der Waals surface area contributed by atoms with Gasteiger partial charge in [0, 0.05) is 16.5 Å². The maximum Gasteiger partial charge on any atom is 0.165 e. The largest absolute Gasteiger partial charge is 0.454 e. The Kier molecular flexibility index (Phi) is 4.32. The highest BCUT2D eigenvalue weighted by molar-refractivity contribution is 9.10. The molecule has 98 valence electrons. The van der Waals surface area contributed by atoms with Crippen molar-refractivity contribution in [3.05, 3.63) is 58.3 Å². The smallest absolute Gasteiger partial charge is 0.165 e. The molecule has 0 unspecified atom stereocenters. The molecule has 0 saturated heterocycles. The highest BCUT2D eigenvalue weighted by Gasteiger charge is 2.07. The van der Waals surface area contributed by atoms with Crippen LogP contribution in [0.25, 0.3) is 0 Å². The Morgan fingerprint density at radius 1 is 1.21 bits per heavy atom. The van der Waals surface area contributed by atoms with E-state index in [1.54, 1.807) is 36.4 Å². The second-order valence-corrected chi connectivity index (χ2v) is 4.89. The number of carbonyl (C=O) groups excluding carboxylic acids is 1. The second kappa shape index (κ2) is 5.97. The van der Waals surface area contributed by atoms with E-state index in [4.69, 9.17) is 4.74 Å². The van der Waals surface area contributed by atoms with E-state index in [0.29, 0.717) is 17.7 Å². The van der Waals surface area contributed by atoms with E-state index in [-0.39, 0.29) is 11.5 Å². The van der Waals surface area contributed by atoms with Crippen LogP contribution in [-0.4, -0.2) is 5.78 Å². The number of benzene rings is 2. The van der Waals surface area contributed by atoms with Gasteiger partial charge in [0.05, 0.1) is 0 Å². The van der Waals surface area contributed by atoms with E-state index in [1.807, 2.05) is 6.92 Å². The standard InChI is InChI=1S/C15H12BrFO2/c1-2-14(18)10-3-6-12(7-4-10)19-15-9-11(16)5-8-13(15)17/h3-9H,2H2,1H3. The Balaban J connectivity index is 2.19. The van der Waals surface area contributed by atoms with Crippen molar-refractivity contribution in [2.24, 2.45) is 0 Å². The molecule has 19 heavy (non-hydrogen) atoms. The zero-order chi connectivity index (χ0) is 13.8. The molecular formula is C15H12BrFO2. The summed E-state index contributed by atoms with van der Waals surface area (Å²) < 4.78 is 19.7. The average molecular weight is 323 g/mol. The lowest BCUT2D eigenvalue weighted by Gasteiger charge is -2.07. The molecule has 0 aromatic heterocycles. The van der Waals surface area contributed by atoms with Gasteiger partial charge in [-0.05, 0) is 42.5 Å². The van der Waals surface area contributed by atoms with Gasteiger partial charge in [0.1, 0.15) is 5.75 Å². The summed E-state index contributed by atoms with van der Waals surface area (Å²) in [6, 6.07) is 11.2. The van der Waals surface area contributed by atoms with Crippen molar-refractivity contribution in [2.75, 3.05) is 0 Å². The first-order chi connectivity index (χ1) is 9.10. The molecule has 0 amide bonds. The Bertz CT molecular complexity index is 594. The van der Waals surface area contributed by atoms with Gasteiger partial charge in [0.25, 0.3) is 0 Å². The maximum absolute atomic E-state index is 13.5. The number of hydrogen-bond acceptors (Lipinski definition) is 2. The molecule has 0 aliphatic rings. The van der Waals surface area contributed by atoms with Gasteiger partial charge in [-0.3, -0.25) is 4.79 Å². The van der Waals surface area contributed by atoms with Crippen molar-refractivity contribution < 1.29 is 13.9 Å². The van der Waals surface area contributed by atoms with Crippen LogP contribution in [0.3, 0.4) is 0 Å². The summed E-state index contributed by atoms with van der Waals surface area (Å²) in [6.45, 7) is 1.81. The number of Topliss-reactive ketones (excluding diaryl/α,β-unsaturated/α-hetero) is 1. The summed E-state index contributed by atoms with van der Waals surface area (Å²) in [4.78, 5) is 11.5. The third kappa shape index (κ3) is 3.41. The molecule has 0 fully saturated rings. The molecular weight excluding hydrogens is 311 g/mol. The monoisotopic (exact) mass is 322 g/mol. The van der Waals surface area contributed by atoms with Gasteiger partial charge in [0.15, 0.2) is 17.3 Å². The van der Waals surface area contributed by atoms with Crippen molar-refractivity contribution in [1.29, 1.82) is 0 Å². The fourth-order valence-corrected chi connectivity index (χ4v) is 1.94. The van der Waals surface area contributed by atoms with Crippen LogP contribution in [0.5, 0.6) is 11.5 Å². The van der Waals surface area contributed by atoms with Crippen LogP contribution in [0.4, 0.5) is 4.39 Å². The minimum absolute atomic E-state index is 0.0696. The molecule has 0 saturated carbocycles. The van der Waals surface area contributed by atoms with Crippen LogP contribution in [-0.2, 0) is 0 Å². The fourth-order valence-electron chi connectivity index (χ4n) is 1.60. The van der Waals surface area contributed by atoms with E-state index >= 15 is 0 Å². The molecule has 2 rings (SSSR count). The first-order valence-electron chi connectivity index (χ1n) is 5.86. The van der Waals surface area contributed by atoms with Crippen LogP contribution in [0.15, 0.2) is 46.9 Å². The van der Waals surface area contributed by atoms with Crippen LogP contribution in [0, 0.1) is 5.82 Å². The van der Waals surface area contributed by atoms with Gasteiger partial charge in [-0.15, -0.1) is 0 Å². The van der Waals surface area contributed by atoms with Gasteiger partial charge >= 0.3 is 0 Å². The summed E-state index contributed by atoms with van der Waals surface area (Å²) >= 11 is 3.26. The van der Waals surface area contributed by atoms with E-state index in [2.05, 4.69) is 15.9 Å². The lowest BCUT2D eigenvalue weighted by atomic mass is 10.1. The Labute approximate surface area is 119 Å². The lowest BCUT2D eigenvalue weighted by Crippen LogP contribution is -1.96. The first kappa shape index (κ1) is 13.7. The summed E-state index contributed by atoms with van der Waals surface area (Å²) in [7, 11) is 0. The highest BCUT2D eigenvalue weighted by Crippen LogP contribution is 2.27. The van der Waals surface area contributed by atoms with Gasteiger partial charge in [-0.2, -0.15) is 0 Å². The molecule has 0 heterocycles. The van der Waals surface area contributed by atoms with Crippen molar-refractivity contribution in [2.45, 2.75) is 13.3 Å². The van der Waals surface area contributed by atoms with Crippen molar-refractivity contribution >= 4 is 21.7 Å². The molecule has 2 aromatic carbocycles. The predicted octanol–water partition coefficient (Wildman–Crippen LogP) is 4.97. The molecule has 0 atom stereocenters.